The predicted octanol–water partition coefficient (Wildman–Crippen LogP) is 4.28. The molecule has 0 bridgehead atoms. The van der Waals surface area contributed by atoms with Gasteiger partial charge < -0.3 is 10.3 Å². The number of amides is 1. The molecule has 0 atom stereocenters. The molecule has 27 heavy (non-hydrogen) atoms. The van der Waals surface area contributed by atoms with E-state index in [1.807, 2.05) is 0 Å². The zero-order valence-electron chi connectivity index (χ0n) is 14.6. The maximum Gasteiger partial charge on any atom is 0.270 e. The van der Waals surface area contributed by atoms with E-state index in [1.54, 1.807) is 13.8 Å². The highest BCUT2D eigenvalue weighted by atomic mass is 32.4. The highest BCUT2D eigenvalue weighted by Gasteiger charge is 2.39. The Kier molecular flexibility index (Phi) is 4.37. The van der Waals surface area contributed by atoms with Crippen molar-refractivity contribution in [3.05, 3.63) is 57.8 Å². The summed E-state index contributed by atoms with van der Waals surface area (Å²) >= 11 is 0. The monoisotopic (exact) mass is 405 g/mol. The van der Waals surface area contributed by atoms with E-state index in [9.17, 15) is 25.1 Å². The number of aromatic nitrogens is 2. The second kappa shape index (κ2) is 6.08. The fourth-order valence-corrected chi connectivity index (χ4v) is 3.27. The van der Waals surface area contributed by atoms with Crippen molar-refractivity contribution in [2.75, 3.05) is 0 Å². The lowest BCUT2D eigenvalue weighted by atomic mass is 9.94. The highest BCUT2D eigenvalue weighted by molar-refractivity contribution is 8.33. The quantitative estimate of drug-likeness (QED) is 0.513. The fraction of sp³-hybridized carbons (Fsp3) is 0.353. The molecule has 2 N–H and O–H groups in total. The SMILES string of the molecule is CC(C)(NC(=O)c1cc(=O)[nH]c(C2CC2)n1)c1ccc([SH](F)(F)(F)F)cc1. The van der Waals surface area contributed by atoms with Gasteiger partial charge in [0.15, 0.2) is 10.7 Å². The molecule has 1 aliphatic carbocycles. The number of benzene rings is 1. The van der Waals surface area contributed by atoms with Crippen LogP contribution in [0.4, 0.5) is 15.5 Å². The zero-order valence-corrected chi connectivity index (χ0v) is 15.5. The Morgan fingerprint density at radius 1 is 1.19 bits per heavy atom. The van der Waals surface area contributed by atoms with Gasteiger partial charge in [-0.1, -0.05) is 12.1 Å². The first-order chi connectivity index (χ1) is 12.3. The Morgan fingerprint density at radius 2 is 1.78 bits per heavy atom. The predicted molar refractivity (Wildman–Crippen MR) is 95.5 cm³/mol. The van der Waals surface area contributed by atoms with Crippen LogP contribution in [-0.4, -0.2) is 15.9 Å². The number of rotatable bonds is 5. The first-order valence-electron chi connectivity index (χ1n) is 8.26. The van der Waals surface area contributed by atoms with Crippen molar-refractivity contribution in [3.8, 4) is 0 Å². The fourth-order valence-electron chi connectivity index (χ4n) is 2.67. The van der Waals surface area contributed by atoms with E-state index in [2.05, 4.69) is 15.3 Å². The standard InChI is InChI=1S/C17H19F4N3O2S/c1-17(2,11-5-7-12(8-6-11)27(18,19,20)21)24-16(26)13-9-14(25)23-15(22-13)10-3-4-10/h5-10,27H,3-4H2,1-2H3,(H,24,26)(H,22,23,25). The molecule has 0 unspecified atom stereocenters. The van der Waals surface area contributed by atoms with Gasteiger partial charge in [-0.05, 0) is 44.4 Å². The van der Waals surface area contributed by atoms with Gasteiger partial charge >= 0.3 is 0 Å². The van der Waals surface area contributed by atoms with Gasteiger partial charge in [-0.3, -0.25) is 9.59 Å². The molecule has 0 saturated heterocycles. The number of aromatic amines is 1. The molecule has 1 fully saturated rings. The summed E-state index contributed by atoms with van der Waals surface area (Å²) in [5.74, 6) is -0.0214. The molecular weight excluding hydrogens is 386 g/mol. The van der Waals surface area contributed by atoms with Crippen LogP contribution in [0.2, 0.25) is 0 Å². The van der Waals surface area contributed by atoms with Gasteiger partial charge in [-0.2, -0.15) is 0 Å². The summed E-state index contributed by atoms with van der Waals surface area (Å²) in [6.45, 7) is 3.18. The average molecular weight is 405 g/mol. The Morgan fingerprint density at radius 3 is 2.30 bits per heavy atom. The summed E-state index contributed by atoms with van der Waals surface area (Å²) in [5, 5.41) is 2.65. The van der Waals surface area contributed by atoms with E-state index >= 15 is 0 Å². The van der Waals surface area contributed by atoms with Gasteiger partial charge in [0, 0.05) is 12.0 Å². The third-order valence-electron chi connectivity index (χ3n) is 4.36. The van der Waals surface area contributed by atoms with Crippen LogP contribution >= 0.6 is 10.7 Å². The van der Waals surface area contributed by atoms with Crippen LogP contribution in [0, 0.1) is 0 Å². The molecule has 1 aromatic heterocycles. The third kappa shape index (κ3) is 4.49. The zero-order chi connectivity index (χ0) is 20.1. The molecule has 1 saturated carbocycles. The molecule has 0 spiro atoms. The smallest absolute Gasteiger partial charge is 0.270 e. The first-order valence-corrected chi connectivity index (χ1v) is 10.1. The molecule has 1 aliphatic rings. The Labute approximate surface area is 153 Å². The molecule has 5 nitrogen and oxygen atoms in total. The average Bonchev–Trinajstić information content (AvgIpc) is 3.37. The highest BCUT2D eigenvalue weighted by Crippen LogP contribution is 2.81. The first kappa shape index (κ1) is 19.4. The van der Waals surface area contributed by atoms with Crippen molar-refractivity contribution in [2.45, 2.75) is 43.0 Å². The number of H-pyrrole nitrogens is 1. The molecule has 3 rings (SSSR count). The Bertz CT molecular complexity index is 938. The summed E-state index contributed by atoms with van der Waals surface area (Å²) in [6.07, 6.45) is 1.78. The summed E-state index contributed by atoms with van der Waals surface area (Å²) in [7, 11) is -7.82. The summed E-state index contributed by atoms with van der Waals surface area (Å²) in [6, 6.07) is 4.64. The van der Waals surface area contributed by atoms with Crippen LogP contribution in [-0.2, 0) is 5.54 Å². The number of nitrogens with zero attached hydrogens (tertiary/aromatic N) is 1. The lowest BCUT2D eigenvalue weighted by Gasteiger charge is -2.31. The summed E-state index contributed by atoms with van der Waals surface area (Å²) in [4.78, 5) is 29.7. The van der Waals surface area contributed by atoms with Crippen molar-refractivity contribution in [2.24, 2.45) is 0 Å². The number of thiol groups is 1. The molecule has 2 aromatic rings. The van der Waals surface area contributed by atoms with Crippen LogP contribution in [0.1, 0.15) is 54.5 Å². The number of carbonyl (C=O) groups is 1. The van der Waals surface area contributed by atoms with Crippen LogP contribution < -0.4 is 10.9 Å². The number of halogens is 4. The van der Waals surface area contributed by atoms with Crippen molar-refractivity contribution in [1.29, 1.82) is 0 Å². The van der Waals surface area contributed by atoms with E-state index in [0.29, 0.717) is 23.5 Å². The molecule has 148 valence electrons. The Balaban J connectivity index is 1.82. The number of hydrogen-bond acceptors (Lipinski definition) is 3. The maximum absolute atomic E-state index is 12.8. The van der Waals surface area contributed by atoms with Gasteiger partial charge in [0.25, 0.3) is 11.5 Å². The molecule has 0 aliphatic heterocycles. The van der Waals surface area contributed by atoms with Crippen LogP contribution in [0.15, 0.2) is 40.0 Å². The summed E-state index contributed by atoms with van der Waals surface area (Å²) in [5.41, 5.74) is -1.21. The number of nitrogens with one attached hydrogen (secondary N) is 2. The lowest BCUT2D eigenvalue weighted by molar-refractivity contribution is 0.0906. The van der Waals surface area contributed by atoms with Crippen molar-refractivity contribution >= 4 is 16.6 Å². The normalized spacial score (nSPS) is 16.4. The molecule has 1 heterocycles. The molecule has 1 aromatic carbocycles. The lowest BCUT2D eigenvalue weighted by Crippen LogP contribution is -2.41. The van der Waals surface area contributed by atoms with Crippen LogP contribution in [0.5, 0.6) is 0 Å². The maximum atomic E-state index is 12.8. The Hall–Kier alpha value is -2.36. The van der Waals surface area contributed by atoms with Crippen LogP contribution in [0.3, 0.4) is 0 Å². The van der Waals surface area contributed by atoms with E-state index in [-0.39, 0.29) is 11.6 Å². The van der Waals surface area contributed by atoms with Gasteiger partial charge in [-0.25, -0.2) is 4.98 Å². The minimum atomic E-state index is -7.82. The third-order valence-corrected chi connectivity index (χ3v) is 5.44. The van der Waals surface area contributed by atoms with Gasteiger partial charge in [-0.15, -0.1) is 15.5 Å². The molecule has 1 amide bonds. The van der Waals surface area contributed by atoms with E-state index in [1.165, 1.54) is 0 Å². The molecule has 0 radical (unpaired) electrons. The van der Waals surface area contributed by atoms with E-state index in [0.717, 1.165) is 31.0 Å². The number of carbonyl (C=O) groups excluding carboxylic acids is 1. The largest absolute Gasteiger partial charge is 0.342 e. The van der Waals surface area contributed by atoms with E-state index < -0.39 is 32.6 Å². The molecular formula is C17H19F4N3O2S. The van der Waals surface area contributed by atoms with Gasteiger partial charge in [0.05, 0.1) is 10.4 Å². The van der Waals surface area contributed by atoms with Gasteiger partial charge in [0.2, 0.25) is 0 Å². The molecule has 10 heteroatoms. The summed E-state index contributed by atoms with van der Waals surface area (Å²) < 4.78 is 51.3. The van der Waals surface area contributed by atoms with Crippen LogP contribution in [0.25, 0.3) is 0 Å². The minimum Gasteiger partial charge on any atom is -0.342 e. The number of hydrogen-bond donors (Lipinski definition) is 3. The topological polar surface area (TPSA) is 74.8 Å². The van der Waals surface area contributed by atoms with E-state index in [4.69, 9.17) is 0 Å². The second-order valence-corrected chi connectivity index (χ2v) is 9.10. The van der Waals surface area contributed by atoms with Crippen molar-refractivity contribution < 1.29 is 20.3 Å². The minimum absolute atomic E-state index is 0.0599. The second-order valence-electron chi connectivity index (χ2n) is 7.14. The van der Waals surface area contributed by atoms with Gasteiger partial charge in [0.1, 0.15) is 11.5 Å². The van der Waals surface area contributed by atoms with Crippen molar-refractivity contribution in [3.63, 3.8) is 0 Å². The van der Waals surface area contributed by atoms with Crippen molar-refractivity contribution in [1.82, 2.24) is 15.3 Å².